The first-order valence-corrected chi connectivity index (χ1v) is 4.04. The van der Waals surface area contributed by atoms with Crippen LogP contribution in [0.2, 0.25) is 0 Å². The van der Waals surface area contributed by atoms with Crippen LogP contribution in [0, 0.1) is 0 Å². The summed E-state index contributed by atoms with van der Waals surface area (Å²) in [6.07, 6.45) is 3.73. The third kappa shape index (κ3) is 3.04. The predicted octanol–water partition coefficient (Wildman–Crippen LogP) is 1.03. The SMILES string of the molecule is NC(=O)CC1=CN=CSC=C1. The molecule has 3 nitrogen and oxygen atoms in total. The predicted molar refractivity (Wildman–Crippen MR) is 47.1 cm³/mol. The van der Waals surface area contributed by atoms with Crippen molar-refractivity contribution in [1.82, 2.24) is 0 Å². The first-order chi connectivity index (χ1) is 5.29. The van der Waals surface area contributed by atoms with E-state index in [9.17, 15) is 4.79 Å². The molecule has 0 radical (unpaired) electrons. The minimum atomic E-state index is -0.331. The van der Waals surface area contributed by atoms with Crippen molar-refractivity contribution in [2.75, 3.05) is 0 Å². The summed E-state index contributed by atoms with van der Waals surface area (Å²) in [4.78, 5) is 14.4. The fourth-order valence-electron chi connectivity index (χ4n) is 0.672. The molecule has 0 saturated heterocycles. The van der Waals surface area contributed by atoms with Crippen molar-refractivity contribution in [3.63, 3.8) is 0 Å². The Morgan fingerprint density at radius 2 is 2.55 bits per heavy atom. The van der Waals surface area contributed by atoms with Crippen LogP contribution in [0.25, 0.3) is 0 Å². The maximum atomic E-state index is 10.5. The van der Waals surface area contributed by atoms with Crippen molar-refractivity contribution in [2.45, 2.75) is 6.42 Å². The second kappa shape index (κ2) is 3.98. The zero-order chi connectivity index (χ0) is 8.10. The van der Waals surface area contributed by atoms with Crippen molar-refractivity contribution in [2.24, 2.45) is 10.7 Å². The van der Waals surface area contributed by atoms with E-state index in [1.165, 1.54) is 11.8 Å². The highest BCUT2D eigenvalue weighted by molar-refractivity contribution is 8.14. The first kappa shape index (κ1) is 8.07. The van der Waals surface area contributed by atoms with Crippen molar-refractivity contribution < 1.29 is 4.79 Å². The molecule has 0 fully saturated rings. The van der Waals surface area contributed by atoms with Crippen LogP contribution in [0.3, 0.4) is 0 Å². The Bertz CT molecular complexity index is 243. The van der Waals surface area contributed by atoms with Gasteiger partial charge < -0.3 is 5.73 Å². The van der Waals surface area contributed by atoms with Gasteiger partial charge in [0.2, 0.25) is 5.91 Å². The Hall–Kier alpha value is -1.03. The van der Waals surface area contributed by atoms with E-state index in [-0.39, 0.29) is 12.3 Å². The Morgan fingerprint density at radius 1 is 1.73 bits per heavy atom. The van der Waals surface area contributed by atoms with Gasteiger partial charge in [0.25, 0.3) is 0 Å². The topological polar surface area (TPSA) is 55.5 Å². The van der Waals surface area contributed by atoms with Crippen molar-refractivity contribution in [3.05, 3.63) is 23.3 Å². The normalized spacial score (nSPS) is 15.8. The molecule has 1 rings (SSSR count). The van der Waals surface area contributed by atoms with E-state index >= 15 is 0 Å². The van der Waals surface area contributed by atoms with Gasteiger partial charge in [-0.2, -0.15) is 0 Å². The third-order valence-electron chi connectivity index (χ3n) is 1.10. The largest absolute Gasteiger partial charge is 0.369 e. The highest BCUT2D eigenvalue weighted by Gasteiger charge is 1.98. The van der Waals surface area contributed by atoms with E-state index in [0.29, 0.717) is 0 Å². The summed E-state index contributed by atoms with van der Waals surface area (Å²) in [6, 6.07) is 0. The van der Waals surface area contributed by atoms with Crippen LogP contribution in [0.1, 0.15) is 6.42 Å². The molecule has 1 amide bonds. The molecule has 0 spiro atoms. The standard InChI is InChI=1S/C7H8N2OS/c8-7(10)3-6-1-2-11-5-9-4-6/h1-2,4-5H,3H2,(H2,8,10). The van der Waals surface area contributed by atoms with E-state index in [2.05, 4.69) is 4.99 Å². The zero-order valence-electron chi connectivity index (χ0n) is 5.86. The molecule has 0 bridgehead atoms. The molecule has 0 aromatic heterocycles. The lowest BCUT2D eigenvalue weighted by Gasteiger charge is -1.92. The van der Waals surface area contributed by atoms with E-state index in [1.807, 2.05) is 11.5 Å². The van der Waals surface area contributed by atoms with Crippen LogP contribution in [-0.4, -0.2) is 11.5 Å². The number of nitrogens with zero attached hydrogens (tertiary/aromatic N) is 1. The van der Waals surface area contributed by atoms with Gasteiger partial charge in [-0.05, 0) is 11.0 Å². The monoisotopic (exact) mass is 168 g/mol. The molecular weight excluding hydrogens is 160 g/mol. The van der Waals surface area contributed by atoms with E-state index in [0.717, 1.165) is 5.57 Å². The van der Waals surface area contributed by atoms with Crippen molar-refractivity contribution in [3.8, 4) is 0 Å². The van der Waals surface area contributed by atoms with Gasteiger partial charge in [0.1, 0.15) is 0 Å². The lowest BCUT2D eigenvalue weighted by atomic mass is 10.2. The number of aliphatic imine (C=N–C) groups is 1. The summed E-state index contributed by atoms with van der Waals surface area (Å²) in [7, 11) is 0. The molecule has 1 aliphatic rings. The zero-order valence-corrected chi connectivity index (χ0v) is 6.67. The van der Waals surface area contributed by atoms with Gasteiger partial charge in [0.15, 0.2) is 0 Å². The number of amides is 1. The average Bonchev–Trinajstić information content (AvgIpc) is 2.14. The minimum absolute atomic E-state index is 0.258. The molecule has 1 heterocycles. The van der Waals surface area contributed by atoms with Gasteiger partial charge in [-0.15, -0.1) is 0 Å². The Labute approximate surface area is 69.1 Å². The van der Waals surface area contributed by atoms with E-state index in [4.69, 9.17) is 5.73 Å². The molecule has 11 heavy (non-hydrogen) atoms. The fourth-order valence-corrected chi connectivity index (χ4v) is 1.13. The highest BCUT2D eigenvalue weighted by atomic mass is 32.2. The second-order valence-corrected chi connectivity index (χ2v) is 2.80. The maximum absolute atomic E-state index is 10.5. The van der Waals surface area contributed by atoms with Gasteiger partial charge >= 0.3 is 0 Å². The lowest BCUT2D eigenvalue weighted by molar-refractivity contribution is -0.117. The fraction of sp³-hybridized carbons (Fsp3) is 0.143. The molecule has 0 aromatic rings. The molecule has 2 N–H and O–H groups in total. The molecule has 0 aromatic carbocycles. The van der Waals surface area contributed by atoms with Crippen LogP contribution < -0.4 is 5.73 Å². The molecule has 0 unspecified atom stereocenters. The molecule has 4 heteroatoms. The number of carbonyl (C=O) groups excluding carboxylic acids is 1. The van der Waals surface area contributed by atoms with Gasteiger partial charge in [-0.3, -0.25) is 9.79 Å². The highest BCUT2D eigenvalue weighted by Crippen LogP contribution is 2.10. The quantitative estimate of drug-likeness (QED) is 0.669. The van der Waals surface area contributed by atoms with Gasteiger partial charge in [0.05, 0.1) is 12.0 Å². The number of allylic oxidation sites excluding steroid dienone is 1. The Balaban J connectivity index is 2.62. The molecular formula is C7H8N2OS. The number of primary amides is 1. The smallest absolute Gasteiger partial charge is 0.221 e. The van der Waals surface area contributed by atoms with E-state index < -0.39 is 0 Å². The number of rotatable bonds is 2. The average molecular weight is 168 g/mol. The summed E-state index contributed by atoms with van der Waals surface area (Å²) >= 11 is 1.47. The molecule has 0 aliphatic carbocycles. The lowest BCUT2D eigenvalue weighted by Crippen LogP contribution is -2.10. The third-order valence-corrected chi connectivity index (χ3v) is 1.64. The van der Waals surface area contributed by atoms with Crippen molar-refractivity contribution in [1.29, 1.82) is 0 Å². The Kier molecular flexibility index (Phi) is 2.92. The van der Waals surface area contributed by atoms with Gasteiger partial charge in [0, 0.05) is 6.20 Å². The molecule has 0 atom stereocenters. The summed E-state index contributed by atoms with van der Waals surface area (Å²) in [5.41, 5.74) is 7.55. The van der Waals surface area contributed by atoms with Crippen molar-refractivity contribution >= 4 is 23.2 Å². The van der Waals surface area contributed by atoms with Crippen LogP contribution in [-0.2, 0) is 4.79 Å². The van der Waals surface area contributed by atoms with Crippen LogP contribution >= 0.6 is 11.8 Å². The molecule has 0 saturated carbocycles. The number of nitrogens with two attached hydrogens (primary N) is 1. The summed E-state index contributed by atoms with van der Waals surface area (Å²) in [6.45, 7) is 0. The Morgan fingerprint density at radius 3 is 3.27 bits per heavy atom. The molecule has 1 aliphatic heterocycles. The molecule has 58 valence electrons. The number of carbonyl (C=O) groups is 1. The summed E-state index contributed by atoms with van der Waals surface area (Å²) in [5, 5.41) is 1.87. The van der Waals surface area contributed by atoms with Crippen LogP contribution in [0.5, 0.6) is 0 Å². The number of thioether (sulfide) groups is 1. The van der Waals surface area contributed by atoms with Crippen LogP contribution in [0.4, 0.5) is 0 Å². The minimum Gasteiger partial charge on any atom is -0.369 e. The number of hydrogen-bond donors (Lipinski definition) is 1. The second-order valence-electron chi connectivity index (χ2n) is 2.04. The van der Waals surface area contributed by atoms with Gasteiger partial charge in [-0.1, -0.05) is 17.8 Å². The van der Waals surface area contributed by atoms with Crippen LogP contribution in [0.15, 0.2) is 28.2 Å². The number of hydrogen-bond acceptors (Lipinski definition) is 3. The maximum Gasteiger partial charge on any atom is 0.221 e. The van der Waals surface area contributed by atoms with E-state index in [1.54, 1.807) is 11.7 Å². The van der Waals surface area contributed by atoms with Gasteiger partial charge in [-0.25, -0.2) is 0 Å². The summed E-state index contributed by atoms with van der Waals surface area (Å²) in [5.74, 6) is -0.331. The summed E-state index contributed by atoms with van der Waals surface area (Å²) < 4.78 is 0. The first-order valence-electron chi connectivity index (χ1n) is 3.10.